The molecule has 5 heteroatoms. The molecule has 0 amide bonds. The Morgan fingerprint density at radius 3 is 2.43 bits per heavy atom. The molecule has 0 saturated carbocycles. The maximum absolute atomic E-state index is 12.8. The molecule has 4 rings (SSSR count). The van der Waals surface area contributed by atoms with Crippen LogP contribution < -0.4 is 0 Å². The first-order chi connectivity index (χ1) is 13.6. The van der Waals surface area contributed by atoms with E-state index in [-0.39, 0.29) is 6.61 Å². The van der Waals surface area contributed by atoms with Crippen molar-refractivity contribution in [3.63, 3.8) is 0 Å². The Balaban J connectivity index is 1.52. The third kappa shape index (κ3) is 3.75. The fraction of sp³-hybridized carbons (Fsp3) is 0.217. The lowest BCUT2D eigenvalue weighted by Crippen LogP contribution is -2.40. The highest BCUT2D eigenvalue weighted by Gasteiger charge is 2.54. The van der Waals surface area contributed by atoms with Crippen LogP contribution in [0.2, 0.25) is 0 Å². The summed E-state index contributed by atoms with van der Waals surface area (Å²) in [6.45, 7) is 2.18. The van der Waals surface area contributed by atoms with Gasteiger partial charge < -0.3 is 14.2 Å². The Hall–Kier alpha value is -3.18. The largest absolute Gasteiger partial charge is 0.458 e. The van der Waals surface area contributed by atoms with E-state index in [1.807, 2.05) is 60.7 Å². The molecule has 5 nitrogen and oxygen atoms in total. The summed E-state index contributed by atoms with van der Waals surface area (Å²) in [5.41, 5.74) is 0.411. The molecule has 3 aromatic carbocycles. The Bertz CT molecular complexity index is 1000. The average Bonchev–Trinajstić information content (AvgIpc) is 3.48. The standard InChI is InChI=1S/C23H20O5/c1-23(15-27-23)20(22(25)26-14-16-8-3-2-4-9-16)28-21(24)19-13-7-11-17-10-5-6-12-18(17)19/h2-13,20H,14-15H2,1H3/t20-,23-/m1/s1. The number of ether oxygens (including phenoxy) is 3. The van der Waals surface area contributed by atoms with E-state index in [4.69, 9.17) is 14.2 Å². The summed E-state index contributed by atoms with van der Waals surface area (Å²) < 4.78 is 16.3. The third-order valence-corrected chi connectivity index (χ3v) is 4.83. The highest BCUT2D eigenvalue weighted by molar-refractivity contribution is 6.05. The molecule has 0 spiro atoms. The maximum Gasteiger partial charge on any atom is 0.350 e. The van der Waals surface area contributed by atoms with E-state index >= 15 is 0 Å². The van der Waals surface area contributed by atoms with Crippen molar-refractivity contribution in [2.45, 2.75) is 25.2 Å². The molecule has 1 aliphatic rings. The molecule has 1 heterocycles. The van der Waals surface area contributed by atoms with Crippen LogP contribution in [0.15, 0.2) is 72.8 Å². The predicted molar refractivity (Wildman–Crippen MR) is 104 cm³/mol. The molecule has 2 atom stereocenters. The van der Waals surface area contributed by atoms with Crippen molar-refractivity contribution in [1.82, 2.24) is 0 Å². The molecule has 1 saturated heterocycles. The molecule has 1 aliphatic heterocycles. The van der Waals surface area contributed by atoms with E-state index in [0.717, 1.165) is 16.3 Å². The van der Waals surface area contributed by atoms with Crippen molar-refractivity contribution in [2.75, 3.05) is 6.61 Å². The third-order valence-electron chi connectivity index (χ3n) is 4.83. The Morgan fingerprint density at radius 1 is 1.00 bits per heavy atom. The zero-order valence-electron chi connectivity index (χ0n) is 15.5. The number of esters is 2. The van der Waals surface area contributed by atoms with Gasteiger partial charge in [0.1, 0.15) is 12.2 Å². The summed E-state index contributed by atoms with van der Waals surface area (Å²) in [4.78, 5) is 25.5. The first kappa shape index (κ1) is 18.2. The average molecular weight is 376 g/mol. The van der Waals surface area contributed by atoms with Gasteiger partial charge in [0.2, 0.25) is 6.10 Å². The lowest BCUT2D eigenvalue weighted by atomic mass is 10.0. The second kappa shape index (κ2) is 7.44. The van der Waals surface area contributed by atoms with Crippen LogP contribution in [0.3, 0.4) is 0 Å². The molecule has 28 heavy (non-hydrogen) atoms. The van der Waals surface area contributed by atoms with Gasteiger partial charge in [-0.2, -0.15) is 0 Å². The monoisotopic (exact) mass is 376 g/mol. The number of carbonyl (C=O) groups is 2. The van der Waals surface area contributed by atoms with Gasteiger partial charge >= 0.3 is 11.9 Å². The van der Waals surface area contributed by atoms with E-state index in [0.29, 0.717) is 12.2 Å². The van der Waals surface area contributed by atoms with Crippen LogP contribution in [0.25, 0.3) is 10.8 Å². The summed E-state index contributed by atoms with van der Waals surface area (Å²) >= 11 is 0. The van der Waals surface area contributed by atoms with Crippen LogP contribution in [0.4, 0.5) is 0 Å². The summed E-state index contributed by atoms with van der Waals surface area (Å²) in [5.74, 6) is -1.19. The minimum Gasteiger partial charge on any atom is -0.458 e. The van der Waals surface area contributed by atoms with Crippen molar-refractivity contribution in [3.8, 4) is 0 Å². The number of epoxide rings is 1. The smallest absolute Gasteiger partial charge is 0.350 e. The molecule has 0 bridgehead atoms. The molecule has 1 fully saturated rings. The van der Waals surface area contributed by atoms with Crippen molar-refractivity contribution >= 4 is 22.7 Å². The SMILES string of the molecule is C[C@]1([C@H](OC(=O)c2cccc3ccccc23)C(=O)OCc2ccccc2)CO1. The van der Waals surface area contributed by atoms with Crippen LogP contribution in [0.1, 0.15) is 22.8 Å². The van der Waals surface area contributed by atoms with E-state index in [9.17, 15) is 9.59 Å². The van der Waals surface area contributed by atoms with Gasteiger partial charge in [-0.05, 0) is 29.3 Å². The molecule has 0 N–H and O–H groups in total. The van der Waals surface area contributed by atoms with Gasteiger partial charge in [0.05, 0.1) is 12.2 Å². The van der Waals surface area contributed by atoms with Gasteiger partial charge in [0, 0.05) is 0 Å². The fourth-order valence-electron chi connectivity index (χ4n) is 3.07. The molecule has 3 aromatic rings. The summed E-state index contributed by atoms with van der Waals surface area (Å²) in [5, 5.41) is 1.70. The van der Waals surface area contributed by atoms with Gasteiger partial charge in [-0.3, -0.25) is 0 Å². The minimum atomic E-state index is -1.12. The second-order valence-electron chi connectivity index (χ2n) is 7.01. The Kier molecular flexibility index (Phi) is 4.84. The summed E-state index contributed by atoms with van der Waals surface area (Å²) in [6, 6.07) is 22.3. The second-order valence-corrected chi connectivity index (χ2v) is 7.01. The minimum absolute atomic E-state index is 0.109. The number of benzene rings is 3. The normalized spacial score (nSPS) is 19.0. The molecule has 0 aliphatic carbocycles. The van der Waals surface area contributed by atoms with Crippen molar-refractivity contribution in [3.05, 3.63) is 83.9 Å². The molecule has 142 valence electrons. The fourth-order valence-corrected chi connectivity index (χ4v) is 3.07. The van der Waals surface area contributed by atoms with Crippen LogP contribution in [-0.2, 0) is 25.6 Å². The van der Waals surface area contributed by atoms with Crippen LogP contribution >= 0.6 is 0 Å². The molecule has 0 radical (unpaired) electrons. The van der Waals surface area contributed by atoms with Gasteiger partial charge in [-0.1, -0.05) is 66.7 Å². The van der Waals surface area contributed by atoms with Gasteiger partial charge in [0.15, 0.2) is 0 Å². The van der Waals surface area contributed by atoms with Crippen LogP contribution in [0, 0.1) is 0 Å². The van der Waals surface area contributed by atoms with Crippen molar-refractivity contribution < 1.29 is 23.8 Å². The zero-order valence-corrected chi connectivity index (χ0v) is 15.5. The van der Waals surface area contributed by atoms with Crippen molar-refractivity contribution in [1.29, 1.82) is 0 Å². The van der Waals surface area contributed by atoms with E-state index < -0.39 is 23.6 Å². The Morgan fingerprint density at radius 2 is 1.68 bits per heavy atom. The molecular formula is C23H20O5. The predicted octanol–water partition coefficient (Wildman–Crippen LogP) is 3.90. The zero-order chi connectivity index (χ0) is 19.6. The van der Waals surface area contributed by atoms with Gasteiger partial charge in [-0.15, -0.1) is 0 Å². The number of carbonyl (C=O) groups excluding carboxylic acids is 2. The number of fused-ring (bicyclic) bond motifs is 1. The van der Waals surface area contributed by atoms with Crippen LogP contribution in [0.5, 0.6) is 0 Å². The van der Waals surface area contributed by atoms with E-state index in [1.165, 1.54) is 0 Å². The molecule has 0 aromatic heterocycles. The maximum atomic E-state index is 12.8. The van der Waals surface area contributed by atoms with E-state index in [1.54, 1.807) is 19.1 Å². The van der Waals surface area contributed by atoms with Gasteiger partial charge in [0.25, 0.3) is 0 Å². The summed E-state index contributed by atoms with van der Waals surface area (Å²) in [7, 11) is 0. The Labute approximate surface area is 162 Å². The number of hydrogen-bond donors (Lipinski definition) is 0. The topological polar surface area (TPSA) is 65.1 Å². The highest BCUT2D eigenvalue weighted by atomic mass is 16.7. The van der Waals surface area contributed by atoms with Crippen LogP contribution in [-0.4, -0.2) is 30.3 Å². The number of hydrogen-bond acceptors (Lipinski definition) is 5. The lowest BCUT2D eigenvalue weighted by Gasteiger charge is -2.20. The van der Waals surface area contributed by atoms with Gasteiger partial charge in [-0.25, -0.2) is 9.59 Å². The molecule has 0 unspecified atom stereocenters. The quantitative estimate of drug-likeness (QED) is 0.482. The number of rotatable bonds is 6. The van der Waals surface area contributed by atoms with Crippen molar-refractivity contribution in [2.24, 2.45) is 0 Å². The first-order valence-corrected chi connectivity index (χ1v) is 9.10. The first-order valence-electron chi connectivity index (χ1n) is 9.10. The van der Waals surface area contributed by atoms with E-state index in [2.05, 4.69) is 0 Å². The summed E-state index contributed by atoms with van der Waals surface area (Å²) in [6.07, 6.45) is -1.12. The lowest BCUT2D eigenvalue weighted by molar-refractivity contribution is -0.158. The highest BCUT2D eigenvalue weighted by Crippen LogP contribution is 2.34. The molecular weight excluding hydrogens is 356 g/mol.